The molecule has 1 fully saturated rings. The average molecular weight is 306 g/mol. The monoisotopic (exact) mass is 306 g/mol. The van der Waals surface area contributed by atoms with Crippen molar-refractivity contribution in [3.8, 4) is 0 Å². The molecule has 1 aromatic rings. The molecule has 1 aliphatic heterocycles. The summed E-state index contributed by atoms with van der Waals surface area (Å²) < 4.78 is 25.7. The molecule has 8 nitrogen and oxygen atoms in total. The Balaban J connectivity index is 2.24. The molecule has 2 heterocycles. The second-order valence-electron chi connectivity index (χ2n) is 4.15. The van der Waals surface area contributed by atoms with E-state index in [2.05, 4.69) is 15.5 Å². The summed E-state index contributed by atoms with van der Waals surface area (Å²) in [5.74, 6) is -0.338. The zero-order valence-electron chi connectivity index (χ0n) is 10.2. The first-order valence-electron chi connectivity index (χ1n) is 5.69. The second-order valence-corrected chi connectivity index (χ2v) is 7.19. The van der Waals surface area contributed by atoms with E-state index in [-0.39, 0.29) is 22.0 Å². The number of anilines is 1. The minimum Gasteiger partial charge on any atom is -0.395 e. The predicted molar refractivity (Wildman–Crippen MR) is 68.2 cm³/mol. The Bertz CT molecular complexity index is 571. The standard InChI is InChI=1S/C9H14N4O4S2/c1-6(15)10-8-11-12-9(18-8)19(16,17)13-4-2-3-7(13)5-14/h7,14H,2-5H2,1H3,(H,10,11,15). The van der Waals surface area contributed by atoms with E-state index in [1.165, 1.54) is 11.2 Å². The molecule has 1 atom stereocenters. The normalized spacial score (nSPS) is 20.6. The molecular formula is C9H14N4O4S2. The van der Waals surface area contributed by atoms with Crippen molar-refractivity contribution in [2.24, 2.45) is 0 Å². The summed E-state index contributed by atoms with van der Waals surface area (Å²) in [5, 5.41) is 18.9. The molecule has 10 heteroatoms. The molecule has 2 N–H and O–H groups in total. The highest BCUT2D eigenvalue weighted by molar-refractivity contribution is 7.91. The first-order valence-corrected chi connectivity index (χ1v) is 7.94. The van der Waals surface area contributed by atoms with Crippen molar-refractivity contribution in [3.63, 3.8) is 0 Å². The molecule has 0 radical (unpaired) electrons. The Labute approximate surface area is 114 Å². The maximum atomic E-state index is 12.3. The van der Waals surface area contributed by atoms with E-state index in [1.807, 2.05) is 0 Å². The second kappa shape index (κ2) is 5.49. The molecular weight excluding hydrogens is 292 g/mol. The average Bonchev–Trinajstić information content (AvgIpc) is 2.95. The summed E-state index contributed by atoms with van der Waals surface area (Å²) in [6, 6.07) is -0.405. The molecule has 19 heavy (non-hydrogen) atoms. The number of nitrogens with zero attached hydrogens (tertiary/aromatic N) is 3. The van der Waals surface area contributed by atoms with E-state index in [4.69, 9.17) is 0 Å². The summed E-state index contributed by atoms with van der Waals surface area (Å²) >= 11 is 0.802. The highest BCUT2D eigenvalue weighted by Crippen LogP contribution is 2.28. The van der Waals surface area contributed by atoms with Crippen LogP contribution in [-0.2, 0) is 14.8 Å². The van der Waals surface area contributed by atoms with Crippen molar-refractivity contribution >= 4 is 32.4 Å². The molecule has 0 saturated carbocycles. The van der Waals surface area contributed by atoms with Crippen LogP contribution in [0.25, 0.3) is 0 Å². The number of nitrogens with one attached hydrogen (secondary N) is 1. The molecule has 1 amide bonds. The van der Waals surface area contributed by atoms with Crippen LogP contribution in [0.4, 0.5) is 5.13 Å². The largest absolute Gasteiger partial charge is 0.395 e. The maximum absolute atomic E-state index is 12.3. The van der Waals surface area contributed by atoms with E-state index in [0.29, 0.717) is 19.4 Å². The SMILES string of the molecule is CC(=O)Nc1nnc(S(=O)(=O)N2CCCC2CO)s1. The number of amides is 1. The number of sulfonamides is 1. The lowest BCUT2D eigenvalue weighted by Gasteiger charge is -2.20. The molecule has 2 rings (SSSR count). The van der Waals surface area contributed by atoms with Gasteiger partial charge in [0.2, 0.25) is 15.4 Å². The number of rotatable bonds is 4. The molecule has 1 unspecified atom stereocenters. The molecule has 0 aromatic carbocycles. The van der Waals surface area contributed by atoms with Gasteiger partial charge in [-0.05, 0) is 12.8 Å². The van der Waals surface area contributed by atoms with Gasteiger partial charge in [0.05, 0.1) is 6.61 Å². The van der Waals surface area contributed by atoms with Crippen molar-refractivity contribution in [1.82, 2.24) is 14.5 Å². The minimum atomic E-state index is -3.75. The third kappa shape index (κ3) is 2.91. The number of aromatic nitrogens is 2. The summed E-state index contributed by atoms with van der Waals surface area (Å²) in [5.41, 5.74) is 0. The van der Waals surface area contributed by atoms with E-state index < -0.39 is 16.1 Å². The Morgan fingerprint density at radius 2 is 2.32 bits per heavy atom. The first-order chi connectivity index (χ1) is 8.95. The Hall–Kier alpha value is -1.10. The zero-order valence-corrected chi connectivity index (χ0v) is 11.9. The summed E-state index contributed by atoms with van der Waals surface area (Å²) in [7, 11) is -3.75. The summed E-state index contributed by atoms with van der Waals surface area (Å²) in [6.07, 6.45) is 1.34. The fraction of sp³-hybridized carbons (Fsp3) is 0.667. The van der Waals surface area contributed by atoms with E-state index >= 15 is 0 Å². The van der Waals surface area contributed by atoms with Crippen LogP contribution in [0, 0.1) is 0 Å². The van der Waals surface area contributed by atoms with Crippen LogP contribution in [0.15, 0.2) is 4.34 Å². The van der Waals surface area contributed by atoms with E-state index in [9.17, 15) is 18.3 Å². The maximum Gasteiger partial charge on any atom is 0.272 e. The summed E-state index contributed by atoms with van der Waals surface area (Å²) in [6.45, 7) is 1.46. The molecule has 1 saturated heterocycles. The van der Waals surface area contributed by atoms with Gasteiger partial charge in [-0.25, -0.2) is 8.42 Å². The van der Waals surface area contributed by atoms with Gasteiger partial charge >= 0.3 is 0 Å². The van der Waals surface area contributed by atoms with Crippen LogP contribution >= 0.6 is 11.3 Å². The van der Waals surface area contributed by atoms with Gasteiger partial charge < -0.3 is 10.4 Å². The van der Waals surface area contributed by atoms with Crippen molar-refractivity contribution in [2.45, 2.75) is 30.1 Å². The van der Waals surface area contributed by atoms with Gasteiger partial charge in [0.25, 0.3) is 10.0 Å². The van der Waals surface area contributed by atoms with Crippen LogP contribution < -0.4 is 5.32 Å². The van der Waals surface area contributed by atoms with Gasteiger partial charge in [-0.15, -0.1) is 10.2 Å². The van der Waals surface area contributed by atoms with Gasteiger partial charge in [-0.1, -0.05) is 11.3 Å². The fourth-order valence-electron chi connectivity index (χ4n) is 1.92. The van der Waals surface area contributed by atoms with E-state index in [1.54, 1.807) is 0 Å². The zero-order chi connectivity index (χ0) is 14.0. The lowest BCUT2D eigenvalue weighted by atomic mass is 10.2. The van der Waals surface area contributed by atoms with Crippen molar-refractivity contribution in [3.05, 3.63) is 0 Å². The number of carbonyl (C=O) groups excluding carboxylic acids is 1. The predicted octanol–water partition coefficient (Wildman–Crippen LogP) is -0.358. The highest BCUT2D eigenvalue weighted by atomic mass is 32.2. The third-order valence-electron chi connectivity index (χ3n) is 2.75. The molecule has 106 valence electrons. The molecule has 0 bridgehead atoms. The van der Waals surface area contributed by atoms with Crippen molar-refractivity contribution in [2.75, 3.05) is 18.5 Å². The lowest BCUT2D eigenvalue weighted by Crippen LogP contribution is -2.37. The quantitative estimate of drug-likeness (QED) is 0.735. The third-order valence-corrected chi connectivity index (χ3v) is 5.89. The summed E-state index contributed by atoms with van der Waals surface area (Å²) in [4.78, 5) is 10.9. The van der Waals surface area contributed by atoms with Crippen LogP contribution in [-0.4, -0.2) is 53.1 Å². The molecule has 1 aliphatic rings. The van der Waals surface area contributed by atoms with Gasteiger partial charge in [0.15, 0.2) is 0 Å². The Kier molecular flexibility index (Phi) is 4.13. The van der Waals surface area contributed by atoms with Crippen LogP contribution in [0.3, 0.4) is 0 Å². The molecule has 0 spiro atoms. The van der Waals surface area contributed by atoms with Crippen molar-refractivity contribution < 1.29 is 18.3 Å². The van der Waals surface area contributed by atoms with Crippen LogP contribution in [0.2, 0.25) is 0 Å². The topological polar surface area (TPSA) is 112 Å². The van der Waals surface area contributed by atoms with Crippen LogP contribution in [0.5, 0.6) is 0 Å². The van der Waals surface area contributed by atoms with Crippen LogP contribution in [0.1, 0.15) is 19.8 Å². The van der Waals surface area contributed by atoms with Gasteiger partial charge in [0.1, 0.15) is 0 Å². The Morgan fingerprint density at radius 3 is 2.95 bits per heavy atom. The fourth-order valence-corrected chi connectivity index (χ4v) is 4.67. The number of aliphatic hydroxyl groups excluding tert-OH is 1. The van der Waals surface area contributed by atoms with E-state index in [0.717, 1.165) is 11.3 Å². The van der Waals surface area contributed by atoms with Crippen molar-refractivity contribution in [1.29, 1.82) is 0 Å². The smallest absolute Gasteiger partial charge is 0.272 e. The number of hydrogen-bond donors (Lipinski definition) is 2. The number of hydrogen-bond acceptors (Lipinski definition) is 7. The van der Waals surface area contributed by atoms with Gasteiger partial charge in [-0.3, -0.25) is 4.79 Å². The molecule has 0 aliphatic carbocycles. The minimum absolute atomic E-state index is 0.144. The first kappa shape index (κ1) is 14.3. The highest BCUT2D eigenvalue weighted by Gasteiger charge is 2.37. The van der Waals surface area contributed by atoms with Gasteiger partial charge in [-0.2, -0.15) is 4.31 Å². The molecule has 1 aromatic heterocycles. The van der Waals surface area contributed by atoms with Gasteiger partial charge in [0, 0.05) is 19.5 Å². The Morgan fingerprint density at radius 1 is 1.58 bits per heavy atom. The lowest BCUT2D eigenvalue weighted by molar-refractivity contribution is -0.114. The number of aliphatic hydroxyl groups is 1. The number of carbonyl (C=O) groups is 1.